The van der Waals surface area contributed by atoms with E-state index in [0.29, 0.717) is 22.6 Å². The second kappa shape index (κ2) is 5.85. The van der Waals surface area contributed by atoms with Gasteiger partial charge in [-0.2, -0.15) is 0 Å². The van der Waals surface area contributed by atoms with Crippen LogP contribution in [0, 0.1) is 24.0 Å². The third-order valence-corrected chi connectivity index (χ3v) is 4.28. The predicted octanol–water partition coefficient (Wildman–Crippen LogP) is 4.47. The van der Waals surface area contributed by atoms with Gasteiger partial charge in [0.1, 0.15) is 11.4 Å². The molecule has 2 aromatic rings. The van der Waals surface area contributed by atoms with Gasteiger partial charge in [0, 0.05) is 30.5 Å². The van der Waals surface area contributed by atoms with Gasteiger partial charge in [-0.25, -0.2) is 8.78 Å². The van der Waals surface area contributed by atoms with Crippen molar-refractivity contribution < 1.29 is 18.2 Å². The third-order valence-electron chi connectivity index (χ3n) is 4.28. The molecule has 0 aliphatic heterocycles. The molecule has 1 saturated carbocycles. The molecule has 128 valence electrons. The van der Waals surface area contributed by atoms with Crippen molar-refractivity contribution in [2.24, 2.45) is 0 Å². The monoisotopic (exact) mass is 337 g/mol. The number of hydrogen-bond donors (Lipinski definition) is 1. The molecule has 8 heteroatoms. The number of nitro groups is 1. The molecule has 1 aliphatic carbocycles. The minimum absolute atomic E-state index is 0.150. The number of nitro benzene ring substituents is 1. The number of rotatable bonds is 4. The van der Waals surface area contributed by atoms with Crippen molar-refractivity contribution in [2.45, 2.75) is 45.1 Å². The van der Waals surface area contributed by atoms with Crippen molar-refractivity contribution in [1.29, 1.82) is 0 Å². The molecule has 6 nitrogen and oxygen atoms in total. The highest BCUT2D eigenvalue weighted by molar-refractivity contribution is 5.75. The van der Waals surface area contributed by atoms with Gasteiger partial charge >= 0.3 is 0 Å². The Kier molecular flexibility index (Phi) is 3.98. The average Bonchev–Trinajstić information content (AvgIpc) is 3.01. The molecule has 1 atom stereocenters. The molecule has 1 unspecified atom stereocenters. The minimum atomic E-state index is -2.71. The van der Waals surface area contributed by atoms with Crippen LogP contribution < -0.4 is 5.32 Å². The van der Waals surface area contributed by atoms with Crippen LogP contribution in [0.25, 0.3) is 11.1 Å². The van der Waals surface area contributed by atoms with E-state index >= 15 is 0 Å². The molecule has 24 heavy (non-hydrogen) atoms. The van der Waals surface area contributed by atoms with E-state index in [1.807, 2.05) is 0 Å². The highest BCUT2D eigenvalue weighted by Gasteiger charge is 2.39. The van der Waals surface area contributed by atoms with Crippen molar-refractivity contribution in [3.63, 3.8) is 0 Å². The molecule has 1 N–H and O–H groups in total. The molecular weight excluding hydrogens is 320 g/mol. The van der Waals surface area contributed by atoms with Crippen LogP contribution >= 0.6 is 0 Å². The number of anilines is 1. The summed E-state index contributed by atoms with van der Waals surface area (Å²) in [7, 11) is 0. The number of aromatic nitrogens is 1. The van der Waals surface area contributed by atoms with Crippen LogP contribution in [0.4, 0.5) is 20.2 Å². The Labute approximate surface area is 137 Å². The standard InChI is InChI=1S/C16H17F2N3O3/c1-9-15(10(2)24-20-9)11-3-4-13(14(7-11)21(22)23)19-12-5-6-16(17,18)8-12/h3-4,7,12,19H,5-6,8H2,1-2H3. The first-order valence-electron chi connectivity index (χ1n) is 7.63. The Morgan fingerprint density at radius 1 is 1.42 bits per heavy atom. The lowest BCUT2D eigenvalue weighted by atomic mass is 10.0. The zero-order valence-corrected chi connectivity index (χ0v) is 13.3. The number of benzene rings is 1. The van der Waals surface area contributed by atoms with E-state index in [0.717, 1.165) is 0 Å². The molecule has 0 bridgehead atoms. The summed E-state index contributed by atoms with van der Waals surface area (Å²) in [5.74, 6) is -2.14. The van der Waals surface area contributed by atoms with Crippen molar-refractivity contribution in [3.05, 3.63) is 39.8 Å². The first-order valence-corrected chi connectivity index (χ1v) is 7.63. The molecule has 0 spiro atoms. The van der Waals surface area contributed by atoms with E-state index in [-0.39, 0.29) is 30.6 Å². The van der Waals surface area contributed by atoms with Gasteiger partial charge in [0.25, 0.3) is 5.69 Å². The summed E-state index contributed by atoms with van der Waals surface area (Å²) >= 11 is 0. The summed E-state index contributed by atoms with van der Waals surface area (Å²) in [6.07, 6.45) is -0.221. The fourth-order valence-corrected chi connectivity index (χ4v) is 3.15. The molecule has 1 heterocycles. The zero-order valence-electron chi connectivity index (χ0n) is 13.3. The second-order valence-electron chi connectivity index (χ2n) is 6.13. The van der Waals surface area contributed by atoms with Crippen LogP contribution in [0.1, 0.15) is 30.7 Å². The van der Waals surface area contributed by atoms with Crippen LogP contribution in [0.5, 0.6) is 0 Å². The van der Waals surface area contributed by atoms with Crippen LogP contribution in [-0.4, -0.2) is 22.0 Å². The van der Waals surface area contributed by atoms with E-state index in [4.69, 9.17) is 4.52 Å². The Hall–Kier alpha value is -2.51. The summed E-state index contributed by atoms with van der Waals surface area (Å²) < 4.78 is 31.7. The van der Waals surface area contributed by atoms with Crippen LogP contribution in [0.2, 0.25) is 0 Å². The van der Waals surface area contributed by atoms with Crippen LogP contribution in [0.3, 0.4) is 0 Å². The smallest absolute Gasteiger partial charge is 0.292 e. The normalized spacial score (nSPS) is 19.4. The molecule has 0 amide bonds. The molecule has 1 aromatic carbocycles. The number of nitrogens with one attached hydrogen (secondary N) is 1. The summed E-state index contributed by atoms with van der Waals surface area (Å²) in [6.45, 7) is 3.48. The molecule has 1 fully saturated rings. The Balaban J connectivity index is 1.93. The Morgan fingerprint density at radius 3 is 2.71 bits per heavy atom. The van der Waals surface area contributed by atoms with Crippen molar-refractivity contribution in [1.82, 2.24) is 5.16 Å². The van der Waals surface area contributed by atoms with E-state index in [9.17, 15) is 18.9 Å². The van der Waals surface area contributed by atoms with E-state index in [1.165, 1.54) is 6.07 Å². The lowest BCUT2D eigenvalue weighted by Gasteiger charge is -2.15. The summed E-state index contributed by atoms with van der Waals surface area (Å²) in [5.41, 5.74) is 2.05. The maximum Gasteiger partial charge on any atom is 0.292 e. The van der Waals surface area contributed by atoms with Crippen LogP contribution in [-0.2, 0) is 0 Å². The minimum Gasteiger partial charge on any atom is -0.377 e. The number of aryl methyl sites for hydroxylation is 2. The molecule has 1 aromatic heterocycles. The largest absolute Gasteiger partial charge is 0.377 e. The van der Waals surface area contributed by atoms with Crippen LogP contribution in [0.15, 0.2) is 22.7 Å². The second-order valence-corrected chi connectivity index (χ2v) is 6.13. The summed E-state index contributed by atoms with van der Waals surface area (Å²) in [5, 5.41) is 18.1. The first kappa shape index (κ1) is 16.4. The summed E-state index contributed by atoms with van der Waals surface area (Å²) in [6, 6.07) is 4.20. The van der Waals surface area contributed by atoms with Crippen molar-refractivity contribution >= 4 is 11.4 Å². The van der Waals surface area contributed by atoms with E-state index < -0.39 is 16.9 Å². The summed E-state index contributed by atoms with van der Waals surface area (Å²) in [4.78, 5) is 10.9. The SMILES string of the molecule is Cc1noc(C)c1-c1ccc(NC2CCC(F)(F)C2)c([N+](=O)[O-])c1. The maximum atomic E-state index is 13.3. The predicted molar refractivity (Wildman–Crippen MR) is 84.3 cm³/mol. The Morgan fingerprint density at radius 2 is 2.17 bits per heavy atom. The van der Waals surface area contributed by atoms with Gasteiger partial charge in [-0.3, -0.25) is 10.1 Å². The highest BCUT2D eigenvalue weighted by Crippen LogP contribution is 2.39. The van der Waals surface area contributed by atoms with Gasteiger partial charge in [0.2, 0.25) is 5.92 Å². The topological polar surface area (TPSA) is 81.2 Å². The van der Waals surface area contributed by atoms with Gasteiger partial charge < -0.3 is 9.84 Å². The van der Waals surface area contributed by atoms with Crippen molar-refractivity contribution in [3.8, 4) is 11.1 Å². The van der Waals surface area contributed by atoms with Gasteiger partial charge in [0.05, 0.1) is 10.6 Å². The van der Waals surface area contributed by atoms with E-state index in [1.54, 1.807) is 26.0 Å². The lowest BCUT2D eigenvalue weighted by Crippen LogP contribution is -2.19. The third kappa shape index (κ3) is 3.08. The van der Waals surface area contributed by atoms with Gasteiger partial charge in [-0.1, -0.05) is 11.2 Å². The van der Waals surface area contributed by atoms with Gasteiger partial charge in [-0.15, -0.1) is 0 Å². The number of alkyl halides is 2. The fraction of sp³-hybridized carbons (Fsp3) is 0.438. The first-order chi connectivity index (χ1) is 11.3. The quantitative estimate of drug-likeness (QED) is 0.658. The average molecular weight is 337 g/mol. The molecule has 3 rings (SSSR count). The highest BCUT2D eigenvalue weighted by atomic mass is 19.3. The molecule has 0 saturated heterocycles. The molecular formula is C16H17F2N3O3. The molecule has 0 radical (unpaired) electrons. The van der Waals surface area contributed by atoms with E-state index in [2.05, 4.69) is 10.5 Å². The lowest BCUT2D eigenvalue weighted by molar-refractivity contribution is -0.383. The number of nitrogens with zero attached hydrogens (tertiary/aromatic N) is 2. The van der Waals surface area contributed by atoms with Crippen molar-refractivity contribution in [2.75, 3.05) is 5.32 Å². The van der Waals surface area contributed by atoms with Gasteiger partial charge in [0.15, 0.2) is 0 Å². The van der Waals surface area contributed by atoms with Gasteiger partial charge in [-0.05, 0) is 31.9 Å². The number of hydrogen-bond acceptors (Lipinski definition) is 5. The zero-order chi connectivity index (χ0) is 17.5. The number of halogens is 2. The Bertz CT molecular complexity index is 769. The fourth-order valence-electron chi connectivity index (χ4n) is 3.15. The maximum absolute atomic E-state index is 13.3. The molecule has 1 aliphatic rings.